The van der Waals surface area contributed by atoms with Gasteiger partial charge in [0.25, 0.3) is 0 Å². The molecule has 0 heterocycles. The third-order valence-electron chi connectivity index (χ3n) is 3.20. The zero-order valence-corrected chi connectivity index (χ0v) is 10.7. The van der Waals surface area contributed by atoms with Gasteiger partial charge in [0.1, 0.15) is 6.10 Å². The fourth-order valence-electron chi connectivity index (χ4n) is 2.32. The molecule has 0 N–H and O–H groups in total. The molecule has 1 aliphatic carbocycles. The minimum absolute atomic E-state index is 0.0452. The molecular formula is C15H19NO2. The van der Waals surface area contributed by atoms with Gasteiger partial charge in [-0.1, -0.05) is 36.8 Å². The summed E-state index contributed by atoms with van der Waals surface area (Å²) in [7, 11) is 0. The summed E-state index contributed by atoms with van der Waals surface area (Å²) in [5.41, 5.74) is 1.09. The Kier molecular flexibility index (Phi) is 4.51. The van der Waals surface area contributed by atoms with Crippen molar-refractivity contribution in [3.8, 4) is 0 Å². The summed E-state index contributed by atoms with van der Waals surface area (Å²) >= 11 is 0. The van der Waals surface area contributed by atoms with Gasteiger partial charge in [-0.3, -0.25) is 9.79 Å². The smallest absolute Gasteiger partial charge is 0.302 e. The minimum atomic E-state index is -0.207. The molecule has 0 bridgehead atoms. The molecule has 0 amide bonds. The van der Waals surface area contributed by atoms with Crippen LogP contribution in [0.25, 0.3) is 0 Å². The molecule has 3 heteroatoms. The lowest BCUT2D eigenvalue weighted by Gasteiger charge is -2.27. The second-order valence-electron chi connectivity index (χ2n) is 4.69. The van der Waals surface area contributed by atoms with E-state index in [2.05, 4.69) is 4.99 Å². The van der Waals surface area contributed by atoms with Crippen LogP contribution in [0.2, 0.25) is 0 Å². The van der Waals surface area contributed by atoms with Gasteiger partial charge in [0.15, 0.2) is 0 Å². The first-order valence-electron chi connectivity index (χ1n) is 6.51. The highest BCUT2D eigenvalue weighted by Crippen LogP contribution is 2.24. The normalized spacial score (nSPS) is 24.1. The number of aliphatic imine (C=N–C) groups is 1. The van der Waals surface area contributed by atoms with Crippen LogP contribution in [0.3, 0.4) is 0 Å². The fourth-order valence-corrected chi connectivity index (χ4v) is 2.32. The topological polar surface area (TPSA) is 38.7 Å². The van der Waals surface area contributed by atoms with Gasteiger partial charge in [-0.25, -0.2) is 0 Å². The quantitative estimate of drug-likeness (QED) is 0.606. The molecule has 1 aromatic carbocycles. The fraction of sp³-hybridized carbons (Fsp3) is 0.467. The van der Waals surface area contributed by atoms with Gasteiger partial charge >= 0.3 is 5.97 Å². The maximum Gasteiger partial charge on any atom is 0.302 e. The second kappa shape index (κ2) is 6.34. The van der Waals surface area contributed by atoms with E-state index in [1.165, 1.54) is 6.92 Å². The summed E-state index contributed by atoms with van der Waals surface area (Å²) in [6, 6.07) is 10.1. The van der Waals surface area contributed by atoms with Crippen molar-refractivity contribution < 1.29 is 9.53 Å². The summed E-state index contributed by atoms with van der Waals surface area (Å²) in [5, 5.41) is 0. The third kappa shape index (κ3) is 3.69. The van der Waals surface area contributed by atoms with Crippen LogP contribution in [0.15, 0.2) is 35.3 Å². The molecule has 2 atom stereocenters. The molecule has 96 valence electrons. The van der Waals surface area contributed by atoms with E-state index in [0.717, 1.165) is 31.2 Å². The molecule has 1 fully saturated rings. The first-order chi connectivity index (χ1) is 8.75. The number of benzene rings is 1. The third-order valence-corrected chi connectivity index (χ3v) is 3.20. The lowest BCUT2D eigenvalue weighted by Crippen LogP contribution is -2.32. The highest BCUT2D eigenvalue weighted by molar-refractivity contribution is 5.79. The summed E-state index contributed by atoms with van der Waals surface area (Å²) in [6.45, 7) is 1.46. The zero-order valence-electron chi connectivity index (χ0n) is 10.7. The highest BCUT2D eigenvalue weighted by Gasteiger charge is 2.26. The van der Waals surface area contributed by atoms with Crippen LogP contribution in [0, 0.1) is 0 Å². The Hall–Kier alpha value is -1.64. The summed E-state index contributed by atoms with van der Waals surface area (Å²) in [4.78, 5) is 15.6. The molecule has 0 unspecified atom stereocenters. The van der Waals surface area contributed by atoms with Gasteiger partial charge in [-0.05, 0) is 24.8 Å². The number of ether oxygens (including phenoxy) is 1. The highest BCUT2D eigenvalue weighted by atomic mass is 16.5. The van der Waals surface area contributed by atoms with E-state index in [0.29, 0.717) is 0 Å². The van der Waals surface area contributed by atoms with Crippen molar-refractivity contribution in [2.24, 2.45) is 4.99 Å². The molecule has 1 aliphatic rings. The van der Waals surface area contributed by atoms with Gasteiger partial charge in [-0.15, -0.1) is 0 Å². The van der Waals surface area contributed by atoms with Crippen molar-refractivity contribution >= 4 is 12.2 Å². The molecule has 0 spiro atoms. The lowest BCUT2D eigenvalue weighted by molar-refractivity contribution is -0.148. The Morgan fingerprint density at radius 3 is 2.72 bits per heavy atom. The Morgan fingerprint density at radius 1 is 1.28 bits per heavy atom. The van der Waals surface area contributed by atoms with E-state index in [1.807, 2.05) is 36.5 Å². The largest absolute Gasteiger partial charge is 0.460 e. The molecule has 1 aromatic rings. The molecule has 2 rings (SSSR count). The van der Waals surface area contributed by atoms with Gasteiger partial charge in [0.2, 0.25) is 0 Å². The van der Waals surface area contributed by atoms with Crippen molar-refractivity contribution in [3.05, 3.63) is 35.9 Å². The standard InChI is InChI=1S/C15H19NO2/c1-12(17)18-15-10-6-5-9-14(15)16-11-13-7-3-2-4-8-13/h2-4,7-8,11,14-15H,5-6,9-10H2,1H3/b16-11+/t14-,15+/m0/s1. The summed E-state index contributed by atoms with van der Waals surface area (Å²) in [6.07, 6.45) is 6.05. The summed E-state index contributed by atoms with van der Waals surface area (Å²) < 4.78 is 5.34. The van der Waals surface area contributed by atoms with Crippen LogP contribution < -0.4 is 0 Å². The van der Waals surface area contributed by atoms with E-state index in [1.54, 1.807) is 0 Å². The average Bonchev–Trinajstić information content (AvgIpc) is 2.38. The van der Waals surface area contributed by atoms with Crippen LogP contribution in [0.4, 0.5) is 0 Å². The van der Waals surface area contributed by atoms with Gasteiger partial charge < -0.3 is 4.74 Å². The first kappa shape index (κ1) is 12.8. The van der Waals surface area contributed by atoms with Crippen molar-refractivity contribution in [2.45, 2.75) is 44.8 Å². The molecular weight excluding hydrogens is 226 g/mol. The van der Waals surface area contributed by atoms with Gasteiger partial charge in [0.05, 0.1) is 6.04 Å². The Labute approximate surface area is 108 Å². The Balaban J connectivity index is 2.01. The molecule has 0 aliphatic heterocycles. The minimum Gasteiger partial charge on any atom is -0.460 e. The molecule has 18 heavy (non-hydrogen) atoms. The second-order valence-corrected chi connectivity index (χ2v) is 4.69. The van der Waals surface area contributed by atoms with Crippen molar-refractivity contribution in [1.82, 2.24) is 0 Å². The Bertz CT molecular complexity index is 414. The summed E-state index contributed by atoms with van der Waals surface area (Å²) in [5.74, 6) is -0.207. The van der Waals surface area contributed by atoms with Crippen molar-refractivity contribution in [2.75, 3.05) is 0 Å². The first-order valence-corrected chi connectivity index (χ1v) is 6.51. The van der Waals surface area contributed by atoms with Crippen molar-refractivity contribution in [3.63, 3.8) is 0 Å². The molecule has 0 radical (unpaired) electrons. The van der Waals surface area contributed by atoms with Crippen LogP contribution in [0.5, 0.6) is 0 Å². The monoisotopic (exact) mass is 245 g/mol. The van der Waals surface area contributed by atoms with E-state index in [4.69, 9.17) is 4.74 Å². The number of carbonyl (C=O) groups excluding carboxylic acids is 1. The number of hydrogen-bond acceptors (Lipinski definition) is 3. The number of nitrogens with zero attached hydrogens (tertiary/aromatic N) is 1. The maximum atomic E-state index is 11.1. The van der Waals surface area contributed by atoms with Crippen LogP contribution >= 0.6 is 0 Å². The number of hydrogen-bond donors (Lipinski definition) is 0. The molecule has 0 aromatic heterocycles. The predicted octanol–water partition coefficient (Wildman–Crippen LogP) is 2.98. The van der Waals surface area contributed by atoms with Crippen LogP contribution in [-0.4, -0.2) is 24.3 Å². The van der Waals surface area contributed by atoms with Crippen LogP contribution in [-0.2, 0) is 9.53 Å². The zero-order chi connectivity index (χ0) is 12.8. The van der Waals surface area contributed by atoms with E-state index in [-0.39, 0.29) is 18.1 Å². The predicted molar refractivity (Wildman–Crippen MR) is 71.8 cm³/mol. The lowest BCUT2D eigenvalue weighted by atomic mass is 9.93. The van der Waals surface area contributed by atoms with E-state index >= 15 is 0 Å². The SMILES string of the molecule is CC(=O)O[C@@H]1CCCC[C@@H]1/N=C/c1ccccc1. The molecule has 3 nitrogen and oxygen atoms in total. The average molecular weight is 245 g/mol. The van der Waals surface area contributed by atoms with E-state index < -0.39 is 0 Å². The van der Waals surface area contributed by atoms with Gasteiger partial charge in [-0.2, -0.15) is 0 Å². The molecule has 1 saturated carbocycles. The number of carbonyl (C=O) groups is 1. The number of rotatable bonds is 3. The Morgan fingerprint density at radius 2 is 2.00 bits per heavy atom. The van der Waals surface area contributed by atoms with Crippen molar-refractivity contribution in [1.29, 1.82) is 0 Å². The maximum absolute atomic E-state index is 11.1. The van der Waals surface area contributed by atoms with E-state index in [9.17, 15) is 4.79 Å². The molecule has 0 saturated heterocycles. The van der Waals surface area contributed by atoms with Gasteiger partial charge in [0, 0.05) is 13.1 Å². The number of esters is 1. The van der Waals surface area contributed by atoms with Crippen LogP contribution in [0.1, 0.15) is 38.2 Å².